The van der Waals surface area contributed by atoms with Crippen molar-refractivity contribution in [2.75, 3.05) is 13.1 Å². The van der Waals surface area contributed by atoms with Crippen molar-refractivity contribution in [2.24, 2.45) is 5.92 Å². The number of hydrogen-bond acceptors (Lipinski definition) is 3. The highest BCUT2D eigenvalue weighted by molar-refractivity contribution is 5.85. The fraction of sp³-hybridized carbons (Fsp3) is 0.867. The van der Waals surface area contributed by atoms with Crippen molar-refractivity contribution in [3.8, 4) is 0 Å². The molecule has 5 nitrogen and oxygen atoms in total. The molecule has 0 spiro atoms. The molecule has 1 aliphatic carbocycles. The van der Waals surface area contributed by atoms with Gasteiger partial charge in [0.2, 0.25) is 11.8 Å². The van der Waals surface area contributed by atoms with E-state index in [4.69, 9.17) is 0 Å². The lowest BCUT2D eigenvalue weighted by Gasteiger charge is -2.24. The lowest BCUT2D eigenvalue weighted by Crippen LogP contribution is -2.45. The molecule has 0 aromatic rings. The topological polar surface area (TPSA) is 70.2 Å². The van der Waals surface area contributed by atoms with E-state index in [0.717, 1.165) is 51.6 Å². The number of hydrogen-bond donors (Lipinski definition) is 3. The van der Waals surface area contributed by atoms with Gasteiger partial charge in [-0.25, -0.2) is 0 Å². The first-order chi connectivity index (χ1) is 9.65. The second kappa shape index (κ2) is 9.26. The molecule has 2 amide bonds. The van der Waals surface area contributed by atoms with Crippen LogP contribution in [0.3, 0.4) is 0 Å². The number of rotatable bonds is 5. The first kappa shape index (κ1) is 18.2. The SMILES string of the molecule is CC(CC(=O)NC1CCNCC1)NC(=O)C1CCCC1.Cl. The summed E-state index contributed by atoms with van der Waals surface area (Å²) in [6.07, 6.45) is 6.68. The first-order valence-corrected chi connectivity index (χ1v) is 7.95. The summed E-state index contributed by atoms with van der Waals surface area (Å²) in [5.41, 5.74) is 0. The minimum atomic E-state index is -0.0789. The van der Waals surface area contributed by atoms with Gasteiger partial charge in [0.25, 0.3) is 0 Å². The number of amides is 2. The van der Waals surface area contributed by atoms with E-state index in [0.29, 0.717) is 12.5 Å². The van der Waals surface area contributed by atoms with Crippen LogP contribution in [0, 0.1) is 5.92 Å². The summed E-state index contributed by atoms with van der Waals surface area (Å²) in [6.45, 7) is 3.85. The van der Waals surface area contributed by atoms with Crippen LogP contribution in [0.15, 0.2) is 0 Å². The van der Waals surface area contributed by atoms with E-state index >= 15 is 0 Å². The number of piperidine rings is 1. The van der Waals surface area contributed by atoms with Crippen LogP contribution in [0.2, 0.25) is 0 Å². The van der Waals surface area contributed by atoms with E-state index in [1.807, 2.05) is 6.92 Å². The molecule has 2 rings (SSSR count). The second-order valence-corrected chi connectivity index (χ2v) is 6.19. The predicted molar refractivity (Wildman–Crippen MR) is 85.5 cm³/mol. The summed E-state index contributed by atoms with van der Waals surface area (Å²) < 4.78 is 0. The van der Waals surface area contributed by atoms with Crippen LogP contribution in [-0.2, 0) is 9.59 Å². The average Bonchev–Trinajstić information content (AvgIpc) is 2.93. The zero-order valence-electron chi connectivity index (χ0n) is 12.8. The maximum Gasteiger partial charge on any atom is 0.223 e. The van der Waals surface area contributed by atoms with Crippen molar-refractivity contribution >= 4 is 24.2 Å². The molecule has 2 fully saturated rings. The lowest BCUT2D eigenvalue weighted by atomic mass is 10.1. The van der Waals surface area contributed by atoms with Crippen molar-refractivity contribution in [1.29, 1.82) is 0 Å². The molecule has 0 aromatic carbocycles. The molecule has 1 unspecified atom stereocenters. The molecule has 1 aliphatic heterocycles. The van der Waals surface area contributed by atoms with Crippen LogP contribution in [0.5, 0.6) is 0 Å². The Bertz CT molecular complexity index is 340. The van der Waals surface area contributed by atoms with Gasteiger partial charge >= 0.3 is 0 Å². The normalized spacial score (nSPS) is 21.4. The van der Waals surface area contributed by atoms with Gasteiger partial charge in [-0.3, -0.25) is 9.59 Å². The molecule has 21 heavy (non-hydrogen) atoms. The summed E-state index contributed by atoms with van der Waals surface area (Å²) in [5, 5.41) is 9.32. The Labute approximate surface area is 133 Å². The molecule has 0 radical (unpaired) electrons. The van der Waals surface area contributed by atoms with Gasteiger partial charge in [-0.2, -0.15) is 0 Å². The van der Waals surface area contributed by atoms with E-state index in [-0.39, 0.29) is 36.2 Å². The van der Waals surface area contributed by atoms with Gasteiger partial charge < -0.3 is 16.0 Å². The predicted octanol–water partition coefficient (Wildman–Crippen LogP) is 1.36. The number of halogens is 1. The van der Waals surface area contributed by atoms with Gasteiger partial charge in [0.05, 0.1) is 0 Å². The summed E-state index contributed by atoms with van der Waals surface area (Å²) in [7, 11) is 0. The molecule has 0 bridgehead atoms. The monoisotopic (exact) mass is 317 g/mol. The smallest absolute Gasteiger partial charge is 0.223 e. The minimum Gasteiger partial charge on any atom is -0.353 e. The fourth-order valence-corrected chi connectivity index (χ4v) is 3.13. The van der Waals surface area contributed by atoms with Crippen molar-refractivity contribution < 1.29 is 9.59 Å². The highest BCUT2D eigenvalue weighted by Crippen LogP contribution is 2.24. The van der Waals surface area contributed by atoms with E-state index in [1.54, 1.807) is 0 Å². The summed E-state index contributed by atoms with van der Waals surface area (Å²) >= 11 is 0. The highest BCUT2D eigenvalue weighted by Gasteiger charge is 2.24. The van der Waals surface area contributed by atoms with Crippen molar-refractivity contribution in [1.82, 2.24) is 16.0 Å². The van der Waals surface area contributed by atoms with Crippen LogP contribution in [0.1, 0.15) is 51.9 Å². The van der Waals surface area contributed by atoms with E-state index < -0.39 is 0 Å². The molecule has 2 aliphatic rings. The molecule has 0 aromatic heterocycles. The van der Waals surface area contributed by atoms with E-state index in [9.17, 15) is 9.59 Å². The Balaban J connectivity index is 0.00000220. The quantitative estimate of drug-likeness (QED) is 0.717. The van der Waals surface area contributed by atoms with Crippen LogP contribution < -0.4 is 16.0 Å². The molecule has 1 saturated heterocycles. The molecular weight excluding hydrogens is 290 g/mol. The summed E-state index contributed by atoms with van der Waals surface area (Å²) in [5.74, 6) is 0.353. The largest absolute Gasteiger partial charge is 0.353 e. The number of carbonyl (C=O) groups is 2. The number of carbonyl (C=O) groups excluding carboxylic acids is 2. The summed E-state index contributed by atoms with van der Waals surface area (Å²) in [4.78, 5) is 23.9. The van der Waals surface area contributed by atoms with Crippen molar-refractivity contribution in [3.05, 3.63) is 0 Å². The molecule has 3 N–H and O–H groups in total. The van der Waals surface area contributed by atoms with E-state index in [1.165, 1.54) is 0 Å². The summed E-state index contributed by atoms with van der Waals surface area (Å²) in [6, 6.07) is 0.214. The van der Waals surface area contributed by atoms with Gasteiger partial charge in [-0.15, -0.1) is 12.4 Å². The van der Waals surface area contributed by atoms with E-state index in [2.05, 4.69) is 16.0 Å². The first-order valence-electron chi connectivity index (χ1n) is 7.95. The van der Waals surface area contributed by atoms with Crippen LogP contribution >= 0.6 is 12.4 Å². The zero-order valence-corrected chi connectivity index (χ0v) is 13.6. The molecule has 1 heterocycles. The molecule has 6 heteroatoms. The standard InChI is InChI=1S/C15H27N3O2.ClH/c1-11(17-15(20)12-4-2-3-5-12)10-14(19)18-13-6-8-16-9-7-13;/h11-13,16H,2-10H2,1H3,(H,17,20)(H,18,19);1H. The Hall–Kier alpha value is -0.810. The average molecular weight is 318 g/mol. The lowest BCUT2D eigenvalue weighted by molar-refractivity contribution is -0.126. The minimum absolute atomic E-state index is 0. The maximum atomic E-state index is 12.0. The fourth-order valence-electron chi connectivity index (χ4n) is 3.13. The van der Waals surface area contributed by atoms with Crippen molar-refractivity contribution in [3.63, 3.8) is 0 Å². The third kappa shape index (κ3) is 6.22. The third-order valence-electron chi connectivity index (χ3n) is 4.31. The van der Waals surface area contributed by atoms with Gasteiger partial charge in [-0.05, 0) is 45.7 Å². The maximum absolute atomic E-state index is 12.0. The second-order valence-electron chi connectivity index (χ2n) is 6.19. The van der Waals surface area contributed by atoms with Crippen LogP contribution in [0.4, 0.5) is 0 Å². The third-order valence-corrected chi connectivity index (χ3v) is 4.31. The Morgan fingerprint density at radius 3 is 2.38 bits per heavy atom. The van der Waals surface area contributed by atoms with Gasteiger partial charge in [-0.1, -0.05) is 12.8 Å². The van der Waals surface area contributed by atoms with Crippen LogP contribution in [-0.4, -0.2) is 37.0 Å². The van der Waals surface area contributed by atoms with Crippen molar-refractivity contribution in [2.45, 2.75) is 64.0 Å². The Morgan fingerprint density at radius 2 is 1.76 bits per heavy atom. The molecule has 1 atom stereocenters. The number of nitrogens with one attached hydrogen (secondary N) is 3. The molecular formula is C15H28ClN3O2. The van der Waals surface area contributed by atoms with Gasteiger partial charge in [0.1, 0.15) is 0 Å². The Morgan fingerprint density at radius 1 is 1.14 bits per heavy atom. The highest BCUT2D eigenvalue weighted by atomic mass is 35.5. The van der Waals surface area contributed by atoms with Crippen LogP contribution in [0.25, 0.3) is 0 Å². The zero-order chi connectivity index (χ0) is 14.4. The van der Waals surface area contributed by atoms with Gasteiger partial charge in [0, 0.05) is 24.4 Å². The molecule has 1 saturated carbocycles. The molecule has 122 valence electrons. The van der Waals surface area contributed by atoms with Gasteiger partial charge in [0.15, 0.2) is 0 Å². The Kier molecular flexibility index (Phi) is 8.04.